The van der Waals surface area contributed by atoms with E-state index in [0.29, 0.717) is 6.61 Å². The number of hydrogen-bond acceptors (Lipinski definition) is 3. The SMILES string of the molecule is Cc1ccc(S(=O)(=O)N[C@H](c2ccccc2)[C@H]2CCCO2)cc1. The first-order chi connectivity index (χ1) is 11.1. The van der Waals surface area contributed by atoms with E-state index < -0.39 is 10.0 Å². The van der Waals surface area contributed by atoms with Crippen LogP contribution >= 0.6 is 0 Å². The molecule has 0 unspecified atom stereocenters. The molecule has 5 heteroatoms. The van der Waals surface area contributed by atoms with E-state index in [2.05, 4.69) is 4.72 Å². The molecule has 1 aliphatic rings. The van der Waals surface area contributed by atoms with E-state index >= 15 is 0 Å². The van der Waals surface area contributed by atoms with Crippen molar-refractivity contribution in [1.82, 2.24) is 4.72 Å². The van der Waals surface area contributed by atoms with Gasteiger partial charge >= 0.3 is 0 Å². The molecule has 1 fully saturated rings. The molecule has 3 rings (SSSR count). The molecule has 1 aliphatic heterocycles. The Labute approximate surface area is 137 Å². The highest BCUT2D eigenvalue weighted by Crippen LogP contribution is 2.28. The van der Waals surface area contributed by atoms with Crippen molar-refractivity contribution in [2.24, 2.45) is 0 Å². The third-order valence-electron chi connectivity index (χ3n) is 4.11. The Morgan fingerprint density at radius 3 is 2.39 bits per heavy atom. The molecule has 2 aromatic rings. The van der Waals surface area contributed by atoms with Gasteiger partial charge in [-0.15, -0.1) is 0 Å². The lowest BCUT2D eigenvalue weighted by Crippen LogP contribution is -2.36. The van der Waals surface area contributed by atoms with Gasteiger partial charge in [-0.2, -0.15) is 0 Å². The van der Waals surface area contributed by atoms with E-state index in [1.165, 1.54) is 0 Å². The third-order valence-corrected chi connectivity index (χ3v) is 5.57. The van der Waals surface area contributed by atoms with Gasteiger partial charge in [0, 0.05) is 6.61 Å². The number of ether oxygens (including phenoxy) is 1. The van der Waals surface area contributed by atoms with E-state index in [4.69, 9.17) is 4.74 Å². The van der Waals surface area contributed by atoms with Crippen LogP contribution in [0.1, 0.15) is 30.0 Å². The van der Waals surface area contributed by atoms with Crippen molar-refractivity contribution in [1.29, 1.82) is 0 Å². The van der Waals surface area contributed by atoms with Crippen molar-refractivity contribution >= 4 is 10.0 Å². The largest absolute Gasteiger partial charge is 0.376 e. The van der Waals surface area contributed by atoms with Crippen LogP contribution in [0.25, 0.3) is 0 Å². The molecule has 1 heterocycles. The monoisotopic (exact) mass is 331 g/mol. The quantitative estimate of drug-likeness (QED) is 0.915. The molecule has 4 nitrogen and oxygen atoms in total. The van der Waals surface area contributed by atoms with Gasteiger partial charge in [0.25, 0.3) is 0 Å². The summed E-state index contributed by atoms with van der Waals surface area (Å²) in [6.45, 7) is 2.61. The Morgan fingerprint density at radius 1 is 1.09 bits per heavy atom. The Balaban J connectivity index is 1.90. The highest BCUT2D eigenvalue weighted by molar-refractivity contribution is 7.89. The van der Waals surface area contributed by atoms with Gasteiger partial charge < -0.3 is 4.74 Å². The predicted octanol–water partition coefficient (Wildman–Crippen LogP) is 3.19. The second-order valence-corrected chi connectivity index (χ2v) is 7.59. The first-order valence-corrected chi connectivity index (χ1v) is 9.30. The van der Waals surface area contributed by atoms with Crippen LogP contribution < -0.4 is 4.72 Å². The van der Waals surface area contributed by atoms with Crippen molar-refractivity contribution in [3.63, 3.8) is 0 Å². The molecule has 2 aromatic carbocycles. The molecule has 0 spiro atoms. The first kappa shape index (κ1) is 16.2. The van der Waals surface area contributed by atoms with Gasteiger partial charge in [0.05, 0.1) is 17.0 Å². The molecule has 0 amide bonds. The van der Waals surface area contributed by atoms with Gasteiger partial charge in [-0.3, -0.25) is 0 Å². The maximum Gasteiger partial charge on any atom is 0.241 e. The molecule has 23 heavy (non-hydrogen) atoms. The van der Waals surface area contributed by atoms with Crippen molar-refractivity contribution in [3.05, 3.63) is 65.7 Å². The summed E-state index contributed by atoms with van der Waals surface area (Å²) in [6.07, 6.45) is 1.69. The third kappa shape index (κ3) is 3.80. The molecule has 0 saturated carbocycles. The standard InChI is InChI=1S/C18H21NO3S/c1-14-9-11-16(12-10-14)23(20,21)19-18(17-8-5-13-22-17)15-6-3-2-4-7-15/h2-4,6-7,9-12,17-19H,5,8,13H2,1H3/t17-,18-/m1/s1. The van der Waals surface area contributed by atoms with Gasteiger partial charge in [0.15, 0.2) is 0 Å². The average molecular weight is 331 g/mol. The lowest BCUT2D eigenvalue weighted by atomic mass is 10.0. The topological polar surface area (TPSA) is 55.4 Å². The number of hydrogen-bond donors (Lipinski definition) is 1. The smallest absolute Gasteiger partial charge is 0.241 e. The van der Waals surface area contributed by atoms with Gasteiger partial charge in [-0.25, -0.2) is 13.1 Å². The fourth-order valence-electron chi connectivity index (χ4n) is 2.84. The molecule has 0 bridgehead atoms. The van der Waals surface area contributed by atoms with Crippen LogP contribution in [0.5, 0.6) is 0 Å². The maximum absolute atomic E-state index is 12.7. The fraction of sp³-hybridized carbons (Fsp3) is 0.333. The van der Waals surface area contributed by atoms with Crippen molar-refractivity contribution in [3.8, 4) is 0 Å². The first-order valence-electron chi connectivity index (χ1n) is 7.82. The lowest BCUT2D eigenvalue weighted by Gasteiger charge is -2.24. The maximum atomic E-state index is 12.7. The summed E-state index contributed by atoms with van der Waals surface area (Å²) in [6, 6.07) is 16.1. The van der Waals surface area contributed by atoms with E-state index in [0.717, 1.165) is 24.0 Å². The van der Waals surface area contributed by atoms with Crippen LogP contribution in [0.4, 0.5) is 0 Å². The number of sulfonamides is 1. The zero-order chi connectivity index (χ0) is 16.3. The summed E-state index contributed by atoms with van der Waals surface area (Å²) in [5.41, 5.74) is 1.96. The molecule has 122 valence electrons. The van der Waals surface area contributed by atoms with E-state index in [9.17, 15) is 8.42 Å². The van der Waals surface area contributed by atoms with Gasteiger partial charge in [0.1, 0.15) is 0 Å². The zero-order valence-electron chi connectivity index (χ0n) is 13.1. The fourth-order valence-corrected chi connectivity index (χ4v) is 4.09. The summed E-state index contributed by atoms with van der Waals surface area (Å²) in [5.74, 6) is 0. The van der Waals surface area contributed by atoms with Crippen molar-refractivity contribution in [2.45, 2.75) is 36.8 Å². The van der Waals surface area contributed by atoms with Crippen molar-refractivity contribution < 1.29 is 13.2 Å². The number of rotatable bonds is 5. The predicted molar refractivity (Wildman–Crippen MR) is 89.7 cm³/mol. The molecule has 1 N–H and O–H groups in total. The van der Waals surface area contributed by atoms with Crippen molar-refractivity contribution in [2.75, 3.05) is 6.61 Å². The van der Waals surface area contributed by atoms with Crippen LogP contribution in [0, 0.1) is 6.92 Å². The van der Waals surface area contributed by atoms with E-state index in [1.807, 2.05) is 37.3 Å². The lowest BCUT2D eigenvalue weighted by molar-refractivity contribution is 0.0852. The second kappa shape index (κ2) is 6.83. The van der Waals surface area contributed by atoms with Crippen LogP contribution in [-0.2, 0) is 14.8 Å². The summed E-state index contributed by atoms with van der Waals surface area (Å²) < 4.78 is 34.0. The van der Waals surface area contributed by atoms with Crippen LogP contribution in [0.15, 0.2) is 59.5 Å². The highest BCUT2D eigenvalue weighted by atomic mass is 32.2. The summed E-state index contributed by atoms with van der Waals surface area (Å²) in [4.78, 5) is 0.280. The molecular weight excluding hydrogens is 310 g/mol. The molecule has 1 saturated heterocycles. The van der Waals surface area contributed by atoms with Gasteiger partial charge in [0.2, 0.25) is 10.0 Å². The van der Waals surface area contributed by atoms with Gasteiger partial charge in [-0.1, -0.05) is 48.0 Å². The molecule has 0 aromatic heterocycles. The summed E-state index contributed by atoms with van der Waals surface area (Å²) >= 11 is 0. The number of nitrogens with one attached hydrogen (secondary N) is 1. The minimum Gasteiger partial charge on any atom is -0.376 e. The second-order valence-electron chi connectivity index (χ2n) is 5.87. The van der Waals surface area contributed by atoms with Crippen LogP contribution in [0.2, 0.25) is 0 Å². The summed E-state index contributed by atoms with van der Waals surface area (Å²) in [5, 5.41) is 0. The number of benzene rings is 2. The molecule has 2 atom stereocenters. The Bertz CT molecular complexity index is 736. The summed E-state index contributed by atoms with van der Waals surface area (Å²) in [7, 11) is -3.59. The zero-order valence-corrected chi connectivity index (χ0v) is 13.9. The minimum atomic E-state index is -3.59. The van der Waals surface area contributed by atoms with E-state index in [1.54, 1.807) is 24.3 Å². The Morgan fingerprint density at radius 2 is 1.78 bits per heavy atom. The van der Waals surface area contributed by atoms with Crippen LogP contribution in [0.3, 0.4) is 0 Å². The Kier molecular flexibility index (Phi) is 4.80. The van der Waals surface area contributed by atoms with Gasteiger partial charge in [-0.05, 0) is 37.5 Å². The normalized spacial score (nSPS) is 19.6. The number of aryl methyl sites for hydroxylation is 1. The molecule has 0 radical (unpaired) electrons. The van der Waals surface area contributed by atoms with E-state index in [-0.39, 0.29) is 17.0 Å². The van der Waals surface area contributed by atoms with Crippen LogP contribution in [-0.4, -0.2) is 21.1 Å². The molecular formula is C18H21NO3S. The minimum absolute atomic E-state index is 0.127. The highest BCUT2D eigenvalue weighted by Gasteiger charge is 2.31. The average Bonchev–Trinajstić information content (AvgIpc) is 3.08. The Hall–Kier alpha value is -1.69. The molecule has 0 aliphatic carbocycles.